The highest BCUT2D eigenvalue weighted by Crippen LogP contribution is 2.27. The number of rotatable bonds is 5. The van der Waals surface area contributed by atoms with Crippen molar-refractivity contribution in [3.05, 3.63) is 34.1 Å². The Morgan fingerprint density at radius 3 is 2.63 bits per heavy atom. The number of hydrogen-bond donors (Lipinski definition) is 1. The Bertz CT molecular complexity index is 465. The van der Waals surface area contributed by atoms with Crippen LogP contribution >= 0.6 is 15.9 Å². The lowest BCUT2D eigenvalue weighted by atomic mass is 9.91. The van der Waals surface area contributed by atoms with Crippen LogP contribution in [0.3, 0.4) is 0 Å². The summed E-state index contributed by atoms with van der Waals surface area (Å²) >= 11 is 3.20. The monoisotopic (exact) mass is 331 g/mol. The quantitative estimate of drug-likeness (QED) is 0.842. The van der Waals surface area contributed by atoms with Gasteiger partial charge in [-0.15, -0.1) is 0 Å². The summed E-state index contributed by atoms with van der Waals surface area (Å²) in [6.07, 6.45) is 0. The predicted octanol–water partition coefficient (Wildman–Crippen LogP) is 3.22. The fourth-order valence-electron chi connectivity index (χ4n) is 1.78. The third kappa shape index (κ3) is 3.76. The fourth-order valence-corrected chi connectivity index (χ4v) is 2.12. The van der Waals surface area contributed by atoms with E-state index in [2.05, 4.69) is 21.2 Å². The summed E-state index contributed by atoms with van der Waals surface area (Å²) in [4.78, 5) is 12.0. The molecular weight excluding hydrogens is 313 g/mol. The summed E-state index contributed by atoms with van der Waals surface area (Å²) in [6.45, 7) is 6.25. The van der Waals surface area contributed by atoms with Crippen LogP contribution in [-0.4, -0.2) is 19.6 Å². The van der Waals surface area contributed by atoms with E-state index in [9.17, 15) is 9.18 Å². The average Bonchev–Trinajstić information content (AvgIpc) is 2.34. The van der Waals surface area contributed by atoms with E-state index in [-0.39, 0.29) is 5.56 Å². The number of ether oxygens (including phenoxy) is 1. The predicted molar refractivity (Wildman–Crippen MR) is 76.3 cm³/mol. The maximum Gasteiger partial charge on any atom is 0.330 e. The molecule has 1 aromatic rings. The van der Waals surface area contributed by atoms with Crippen molar-refractivity contribution < 1.29 is 13.9 Å². The van der Waals surface area contributed by atoms with Crippen LogP contribution in [0, 0.1) is 11.7 Å². The maximum atomic E-state index is 14.1. The summed E-state index contributed by atoms with van der Waals surface area (Å²) in [5.41, 5.74) is -0.910. The molecule has 0 aromatic heterocycles. The van der Waals surface area contributed by atoms with Crippen molar-refractivity contribution >= 4 is 21.9 Å². The number of hydrogen-bond acceptors (Lipinski definition) is 3. The Hall–Kier alpha value is -0.940. The van der Waals surface area contributed by atoms with E-state index in [1.54, 1.807) is 19.1 Å². The molecule has 0 saturated carbocycles. The van der Waals surface area contributed by atoms with Crippen molar-refractivity contribution in [1.82, 2.24) is 5.32 Å². The van der Waals surface area contributed by atoms with E-state index in [0.717, 1.165) is 0 Å². The van der Waals surface area contributed by atoms with Gasteiger partial charge in [0.25, 0.3) is 0 Å². The lowest BCUT2D eigenvalue weighted by molar-refractivity contribution is -0.148. The topological polar surface area (TPSA) is 38.3 Å². The Morgan fingerprint density at radius 1 is 1.53 bits per heavy atom. The molecule has 1 N–H and O–H groups in total. The van der Waals surface area contributed by atoms with Gasteiger partial charge in [-0.3, -0.25) is 5.32 Å². The minimum Gasteiger partial charge on any atom is -0.467 e. The molecule has 0 fully saturated rings. The van der Waals surface area contributed by atoms with Gasteiger partial charge < -0.3 is 4.74 Å². The Kier molecular flexibility index (Phi) is 5.50. The van der Waals surface area contributed by atoms with Gasteiger partial charge in [0, 0.05) is 10.0 Å². The zero-order valence-corrected chi connectivity index (χ0v) is 13.2. The molecule has 0 aliphatic carbocycles. The first kappa shape index (κ1) is 16.1. The van der Waals surface area contributed by atoms with E-state index in [1.165, 1.54) is 13.2 Å². The van der Waals surface area contributed by atoms with Crippen molar-refractivity contribution in [3.63, 3.8) is 0 Å². The molecule has 0 heterocycles. The van der Waals surface area contributed by atoms with E-state index >= 15 is 0 Å². The van der Waals surface area contributed by atoms with E-state index < -0.39 is 17.3 Å². The molecule has 0 radical (unpaired) electrons. The summed E-state index contributed by atoms with van der Waals surface area (Å²) < 4.78 is 19.5. The number of methoxy groups -OCH3 is 1. The van der Waals surface area contributed by atoms with Crippen molar-refractivity contribution in [1.29, 1.82) is 0 Å². The molecule has 0 amide bonds. The van der Waals surface area contributed by atoms with Gasteiger partial charge in [0.05, 0.1) is 7.11 Å². The minimum absolute atomic E-state index is 0.281. The molecule has 0 saturated heterocycles. The van der Waals surface area contributed by atoms with E-state index in [1.807, 2.05) is 13.8 Å². The molecule has 0 aliphatic rings. The highest BCUT2D eigenvalue weighted by Gasteiger charge is 2.38. The van der Waals surface area contributed by atoms with Crippen molar-refractivity contribution in [2.45, 2.75) is 26.3 Å². The molecular formula is C14H19BrFNO2. The van der Waals surface area contributed by atoms with Gasteiger partial charge >= 0.3 is 5.97 Å². The van der Waals surface area contributed by atoms with Crippen molar-refractivity contribution in [2.75, 3.05) is 13.7 Å². The van der Waals surface area contributed by atoms with Gasteiger partial charge in [0.2, 0.25) is 0 Å². The van der Waals surface area contributed by atoms with Crippen LogP contribution in [0.2, 0.25) is 0 Å². The second-order valence-electron chi connectivity index (χ2n) is 5.02. The minimum atomic E-state index is -1.19. The highest BCUT2D eigenvalue weighted by atomic mass is 79.9. The van der Waals surface area contributed by atoms with Gasteiger partial charge in [0.1, 0.15) is 11.4 Å². The zero-order chi connectivity index (χ0) is 14.6. The lowest BCUT2D eigenvalue weighted by Gasteiger charge is -2.29. The van der Waals surface area contributed by atoms with Gasteiger partial charge in [-0.1, -0.05) is 35.8 Å². The highest BCUT2D eigenvalue weighted by molar-refractivity contribution is 9.10. The normalized spacial score (nSPS) is 14.3. The molecule has 1 atom stereocenters. The Labute approximate surface area is 121 Å². The van der Waals surface area contributed by atoms with Crippen LogP contribution in [0.4, 0.5) is 4.39 Å². The number of benzene rings is 1. The molecule has 106 valence electrons. The van der Waals surface area contributed by atoms with Crippen molar-refractivity contribution in [2.24, 2.45) is 5.92 Å². The van der Waals surface area contributed by atoms with Gasteiger partial charge in [-0.05, 0) is 31.5 Å². The summed E-state index contributed by atoms with van der Waals surface area (Å²) in [7, 11) is 1.30. The molecule has 1 unspecified atom stereocenters. The van der Waals surface area contributed by atoms with Crippen LogP contribution in [0.5, 0.6) is 0 Å². The average molecular weight is 332 g/mol. The first-order chi connectivity index (χ1) is 8.81. The fraction of sp³-hybridized carbons (Fsp3) is 0.500. The van der Waals surface area contributed by atoms with Crippen LogP contribution in [0.25, 0.3) is 0 Å². The molecule has 19 heavy (non-hydrogen) atoms. The molecule has 3 nitrogen and oxygen atoms in total. The zero-order valence-electron chi connectivity index (χ0n) is 11.6. The number of halogens is 2. The lowest BCUT2D eigenvalue weighted by Crippen LogP contribution is -2.49. The van der Waals surface area contributed by atoms with Crippen LogP contribution in [0.1, 0.15) is 26.3 Å². The third-order valence-electron chi connectivity index (χ3n) is 2.93. The number of nitrogens with one attached hydrogen (secondary N) is 1. The first-order valence-corrected chi connectivity index (χ1v) is 6.89. The standard InChI is InChI=1S/C14H19BrFNO2/c1-9(2)8-17-14(3,13(18)19-4)11-6-5-10(15)7-12(11)16/h5-7,9,17H,8H2,1-4H3. The van der Waals surface area contributed by atoms with Crippen LogP contribution in [-0.2, 0) is 15.1 Å². The number of carbonyl (C=O) groups excluding carboxylic acids is 1. The molecule has 0 bridgehead atoms. The van der Waals surface area contributed by atoms with E-state index in [4.69, 9.17) is 4.74 Å². The smallest absolute Gasteiger partial charge is 0.330 e. The SMILES string of the molecule is COC(=O)C(C)(NCC(C)C)c1ccc(Br)cc1F. The van der Waals surface area contributed by atoms with Crippen LogP contribution < -0.4 is 5.32 Å². The Morgan fingerprint density at radius 2 is 2.16 bits per heavy atom. The molecule has 1 rings (SSSR count). The van der Waals surface area contributed by atoms with Gasteiger partial charge in [-0.25, -0.2) is 9.18 Å². The summed E-state index contributed by atoms with van der Waals surface area (Å²) in [6, 6.07) is 4.63. The van der Waals surface area contributed by atoms with Crippen molar-refractivity contribution in [3.8, 4) is 0 Å². The number of carbonyl (C=O) groups is 1. The van der Waals surface area contributed by atoms with Crippen LogP contribution in [0.15, 0.2) is 22.7 Å². The van der Waals surface area contributed by atoms with Gasteiger partial charge in [0.15, 0.2) is 0 Å². The molecule has 0 spiro atoms. The molecule has 1 aromatic carbocycles. The van der Waals surface area contributed by atoms with E-state index in [0.29, 0.717) is 16.9 Å². The Balaban J connectivity index is 3.18. The number of esters is 1. The third-order valence-corrected chi connectivity index (χ3v) is 3.42. The molecule has 5 heteroatoms. The second kappa shape index (κ2) is 6.48. The second-order valence-corrected chi connectivity index (χ2v) is 5.93. The summed E-state index contributed by atoms with van der Waals surface area (Å²) in [5, 5.41) is 3.09. The van der Waals surface area contributed by atoms with Gasteiger partial charge in [-0.2, -0.15) is 0 Å². The first-order valence-electron chi connectivity index (χ1n) is 6.10. The largest absolute Gasteiger partial charge is 0.467 e. The maximum absolute atomic E-state index is 14.1. The summed E-state index contributed by atoms with van der Waals surface area (Å²) in [5.74, 6) is -0.615. The molecule has 0 aliphatic heterocycles.